The lowest BCUT2D eigenvalue weighted by Crippen LogP contribution is -2.25. The number of fused-ring (bicyclic) bond motifs is 3. The largest absolute Gasteiger partial charge is 0.291 e. The number of carbonyl (C=O) groups excluding carboxylic acids is 1. The molecule has 0 saturated heterocycles. The van der Waals surface area contributed by atoms with Gasteiger partial charge in [0.25, 0.3) is 5.56 Å². The van der Waals surface area contributed by atoms with Gasteiger partial charge < -0.3 is 0 Å². The molecule has 3 heterocycles. The van der Waals surface area contributed by atoms with E-state index in [-0.39, 0.29) is 17.9 Å². The summed E-state index contributed by atoms with van der Waals surface area (Å²) in [6, 6.07) is 3.84. The van der Waals surface area contributed by atoms with E-state index < -0.39 is 0 Å². The van der Waals surface area contributed by atoms with Crippen LogP contribution in [-0.2, 0) is 25.8 Å². The van der Waals surface area contributed by atoms with Crippen molar-refractivity contribution >= 4 is 38.7 Å². The van der Waals surface area contributed by atoms with Gasteiger partial charge in [0.2, 0.25) is 0 Å². The van der Waals surface area contributed by atoms with E-state index in [9.17, 15) is 9.59 Å². The molecule has 6 heteroatoms. The van der Waals surface area contributed by atoms with Crippen LogP contribution in [0, 0.1) is 5.92 Å². The molecule has 0 fully saturated rings. The van der Waals surface area contributed by atoms with Gasteiger partial charge in [0.05, 0.1) is 23.1 Å². The Kier molecular flexibility index (Phi) is 4.33. The zero-order valence-electron chi connectivity index (χ0n) is 14.4. The van der Waals surface area contributed by atoms with E-state index >= 15 is 0 Å². The molecule has 0 amide bonds. The van der Waals surface area contributed by atoms with E-state index in [1.54, 1.807) is 11.3 Å². The number of aromatic nitrogens is 2. The second kappa shape index (κ2) is 6.50. The minimum atomic E-state index is -0.0716. The Bertz CT molecular complexity index is 1010. The molecule has 0 unspecified atom stereocenters. The first-order chi connectivity index (χ1) is 12.1. The number of rotatable bonds is 4. The first-order valence-electron chi connectivity index (χ1n) is 8.68. The monoisotopic (exact) mass is 372 g/mol. The van der Waals surface area contributed by atoms with Crippen LogP contribution >= 0.6 is 22.7 Å². The Morgan fingerprint density at radius 3 is 2.96 bits per heavy atom. The lowest BCUT2D eigenvalue weighted by molar-refractivity contribution is 0.0974. The van der Waals surface area contributed by atoms with Crippen LogP contribution in [0.2, 0.25) is 0 Å². The second-order valence-corrected chi connectivity index (χ2v) is 9.00. The third kappa shape index (κ3) is 2.98. The van der Waals surface area contributed by atoms with Gasteiger partial charge in [-0.15, -0.1) is 22.7 Å². The number of ketones is 1. The Morgan fingerprint density at radius 1 is 1.36 bits per heavy atom. The molecule has 4 nitrogen and oxygen atoms in total. The van der Waals surface area contributed by atoms with Crippen LogP contribution in [0.4, 0.5) is 0 Å². The van der Waals surface area contributed by atoms with Gasteiger partial charge in [0.1, 0.15) is 4.83 Å². The van der Waals surface area contributed by atoms with Gasteiger partial charge in [-0.3, -0.25) is 14.2 Å². The zero-order valence-corrected chi connectivity index (χ0v) is 16.0. The van der Waals surface area contributed by atoms with Crippen molar-refractivity contribution in [3.8, 4) is 0 Å². The van der Waals surface area contributed by atoms with Crippen LogP contribution in [0.3, 0.4) is 0 Å². The van der Waals surface area contributed by atoms with Crippen molar-refractivity contribution in [2.75, 3.05) is 0 Å². The summed E-state index contributed by atoms with van der Waals surface area (Å²) >= 11 is 3.15. The molecule has 1 aliphatic carbocycles. The van der Waals surface area contributed by atoms with Crippen LogP contribution in [0.5, 0.6) is 0 Å². The van der Waals surface area contributed by atoms with Crippen LogP contribution in [-0.4, -0.2) is 15.3 Å². The summed E-state index contributed by atoms with van der Waals surface area (Å²) in [4.78, 5) is 34.0. The van der Waals surface area contributed by atoms with Gasteiger partial charge in [-0.25, -0.2) is 4.98 Å². The number of carbonyl (C=O) groups is 1. The third-order valence-corrected chi connectivity index (χ3v) is 7.31. The van der Waals surface area contributed by atoms with Crippen molar-refractivity contribution in [2.24, 2.45) is 5.92 Å². The lowest BCUT2D eigenvalue weighted by atomic mass is 9.89. The van der Waals surface area contributed by atoms with E-state index in [4.69, 9.17) is 0 Å². The molecule has 0 saturated carbocycles. The Balaban J connectivity index is 1.70. The Labute approximate surface area is 154 Å². The van der Waals surface area contributed by atoms with Gasteiger partial charge in [0, 0.05) is 9.75 Å². The van der Waals surface area contributed by atoms with Crippen molar-refractivity contribution in [1.82, 2.24) is 9.55 Å². The maximum absolute atomic E-state index is 13.0. The predicted molar refractivity (Wildman–Crippen MR) is 103 cm³/mol. The normalized spacial score (nSPS) is 17.0. The van der Waals surface area contributed by atoms with E-state index in [1.807, 2.05) is 12.1 Å². The fourth-order valence-electron chi connectivity index (χ4n) is 3.43. The number of thiophene rings is 2. The average Bonchev–Trinajstić information content (AvgIpc) is 3.21. The van der Waals surface area contributed by atoms with Crippen molar-refractivity contribution < 1.29 is 4.79 Å². The molecule has 0 bridgehead atoms. The van der Waals surface area contributed by atoms with Crippen LogP contribution in [0.1, 0.15) is 45.3 Å². The first-order valence-corrected chi connectivity index (χ1v) is 10.3. The number of hydrogen-bond donors (Lipinski definition) is 0. The molecule has 3 aromatic rings. The van der Waals surface area contributed by atoms with Gasteiger partial charge in [-0.2, -0.15) is 0 Å². The highest BCUT2D eigenvalue weighted by molar-refractivity contribution is 7.18. The van der Waals surface area contributed by atoms with Crippen LogP contribution < -0.4 is 5.56 Å². The molecule has 25 heavy (non-hydrogen) atoms. The van der Waals surface area contributed by atoms with Gasteiger partial charge in [-0.1, -0.05) is 13.8 Å². The molecule has 4 rings (SSSR count). The molecule has 0 aromatic carbocycles. The summed E-state index contributed by atoms with van der Waals surface area (Å²) in [5, 5.41) is 0.739. The number of hydrogen-bond acceptors (Lipinski definition) is 5. The third-order valence-electron chi connectivity index (χ3n) is 4.88. The molecule has 1 aliphatic rings. The summed E-state index contributed by atoms with van der Waals surface area (Å²) in [6.07, 6.45) is 5.54. The fourth-order valence-corrected chi connectivity index (χ4v) is 5.65. The maximum atomic E-state index is 13.0. The molecular formula is C19H20N2O2S2. The highest BCUT2D eigenvalue weighted by atomic mass is 32.1. The average molecular weight is 373 g/mol. The molecule has 1 atom stereocenters. The quantitative estimate of drug-likeness (QED) is 0.648. The smallest absolute Gasteiger partial charge is 0.262 e. The first kappa shape index (κ1) is 16.7. The molecule has 130 valence electrons. The summed E-state index contributed by atoms with van der Waals surface area (Å²) in [7, 11) is 0. The standard InChI is InChI=1S/C19H20N2O2S2/c1-3-12-5-7-15(24-12)14(22)9-21-10-20-18-17(19(21)23)13-6-4-11(2)8-16(13)25-18/h5,7,10-11H,3-4,6,8-9H2,1-2H3/t11-/m0/s1. The molecule has 0 radical (unpaired) electrons. The minimum Gasteiger partial charge on any atom is -0.291 e. The highest BCUT2D eigenvalue weighted by Gasteiger charge is 2.23. The lowest BCUT2D eigenvalue weighted by Gasteiger charge is -2.17. The SMILES string of the molecule is CCc1ccc(C(=O)Cn2cnc3sc4c(c3c2=O)CC[C@H](C)C4)s1. The van der Waals surface area contributed by atoms with Crippen LogP contribution in [0.25, 0.3) is 10.2 Å². The molecule has 0 spiro atoms. The fraction of sp³-hybridized carbons (Fsp3) is 0.421. The van der Waals surface area contributed by atoms with E-state index in [0.717, 1.165) is 35.9 Å². The van der Waals surface area contributed by atoms with Crippen LogP contribution in [0.15, 0.2) is 23.3 Å². The topological polar surface area (TPSA) is 52.0 Å². The molecular weight excluding hydrogens is 352 g/mol. The van der Waals surface area contributed by atoms with Crippen molar-refractivity contribution in [3.05, 3.63) is 49.0 Å². The minimum absolute atomic E-state index is 0.0225. The van der Waals surface area contributed by atoms with E-state index in [2.05, 4.69) is 18.8 Å². The molecule has 0 aliphatic heterocycles. The van der Waals surface area contributed by atoms with Gasteiger partial charge in [0.15, 0.2) is 5.78 Å². The van der Waals surface area contributed by atoms with Crippen molar-refractivity contribution in [1.29, 1.82) is 0 Å². The zero-order chi connectivity index (χ0) is 17.6. The summed E-state index contributed by atoms with van der Waals surface area (Å²) in [6.45, 7) is 4.39. The predicted octanol–water partition coefficient (Wildman–Crippen LogP) is 4.09. The summed E-state index contributed by atoms with van der Waals surface area (Å²) in [5.74, 6) is 0.640. The summed E-state index contributed by atoms with van der Waals surface area (Å²) < 4.78 is 1.47. The second-order valence-electron chi connectivity index (χ2n) is 6.75. The van der Waals surface area contributed by atoms with E-state index in [1.165, 1.54) is 37.5 Å². The number of aryl methyl sites for hydroxylation is 2. The highest BCUT2D eigenvalue weighted by Crippen LogP contribution is 2.35. The molecule has 0 N–H and O–H groups in total. The Hall–Kier alpha value is -1.79. The van der Waals surface area contributed by atoms with Gasteiger partial charge >= 0.3 is 0 Å². The number of nitrogens with zero attached hydrogens (tertiary/aromatic N) is 2. The number of Topliss-reactive ketones (excluding diaryl/α,β-unsaturated/α-hetero) is 1. The Morgan fingerprint density at radius 2 is 2.20 bits per heavy atom. The van der Waals surface area contributed by atoms with E-state index in [0.29, 0.717) is 10.8 Å². The molecule has 3 aromatic heterocycles. The van der Waals surface area contributed by atoms with Crippen molar-refractivity contribution in [2.45, 2.75) is 46.1 Å². The summed E-state index contributed by atoms with van der Waals surface area (Å²) in [5.41, 5.74) is 1.10. The maximum Gasteiger partial charge on any atom is 0.262 e. The van der Waals surface area contributed by atoms with Gasteiger partial charge in [-0.05, 0) is 49.3 Å². The van der Waals surface area contributed by atoms with Crippen molar-refractivity contribution in [3.63, 3.8) is 0 Å².